The fraction of sp³-hybridized carbons (Fsp3) is 1.00. The lowest BCUT2D eigenvalue weighted by Crippen LogP contribution is -2.59. The highest BCUT2D eigenvalue weighted by atomic mass is 16.5. The normalized spacial score (nSPS) is 34.2. The standard InChI is InChI=1S/C13H25N3O/c1-2-8-16(15-6-3-4-7-15)13(5-1)14-9-11-17-12-10-14/h13H,1-12H2. The van der Waals surface area contributed by atoms with Gasteiger partial charge in [0.1, 0.15) is 0 Å². The summed E-state index contributed by atoms with van der Waals surface area (Å²) in [4.78, 5) is 2.64. The van der Waals surface area contributed by atoms with Gasteiger partial charge in [0.15, 0.2) is 0 Å². The maximum atomic E-state index is 5.48. The van der Waals surface area contributed by atoms with Crippen LogP contribution in [0.25, 0.3) is 0 Å². The molecule has 0 bridgehead atoms. The second-order valence-electron chi connectivity index (χ2n) is 5.45. The van der Waals surface area contributed by atoms with Crippen LogP contribution in [0, 0.1) is 0 Å². The molecule has 4 heteroatoms. The minimum atomic E-state index is 0.658. The van der Waals surface area contributed by atoms with Crippen LogP contribution >= 0.6 is 0 Å². The molecule has 17 heavy (non-hydrogen) atoms. The fourth-order valence-electron chi connectivity index (χ4n) is 3.43. The predicted molar refractivity (Wildman–Crippen MR) is 67.5 cm³/mol. The van der Waals surface area contributed by atoms with E-state index >= 15 is 0 Å². The zero-order valence-corrected chi connectivity index (χ0v) is 10.8. The molecule has 3 aliphatic rings. The van der Waals surface area contributed by atoms with E-state index in [0.717, 1.165) is 26.3 Å². The van der Waals surface area contributed by atoms with E-state index in [1.54, 1.807) is 0 Å². The summed E-state index contributed by atoms with van der Waals surface area (Å²) in [5.41, 5.74) is 0. The molecule has 3 saturated heterocycles. The van der Waals surface area contributed by atoms with Crippen molar-refractivity contribution in [2.24, 2.45) is 0 Å². The molecule has 0 aromatic carbocycles. The molecule has 98 valence electrons. The van der Waals surface area contributed by atoms with Crippen molar-refractivity contribution in [2.45, 2.75) is 38.3 Å². The lowest BCUT2D eigenvalue weighted by Gasteiger charge is -2.47. The average molecular weight is 239 g/mol. The minimum absolute atomic E-state index is 0.658. The number of hydrogen-bond acceptors (Lipinski definition) is 4. The summed E-state index contributed by atoms with van der Waals surface area (Å²) in [6.07, 6.45) is 7.53. The Kier molecular flexibility index (Phi) is 3.96. The molecule has 0 aliphatic carbocycles. The van der Waals surface area contributed by atoms with Crippen LogP contribution in [0.15, 0.2) is 0 Å². The summed E-state index contributed by atoms with van der Waals surface area (Å²) < 4.78 is 5.48. The molecule has 0 aromatic heterocycles. The summed E-state index contributed by atoms with van der Waals surface area (Å²) in [6.45, 7) is 7.91. The zero-order valence-electron chi connectivity index (χ0n) is 10.8. The molecular weight excluding hydrogens is 214 g/mol. The van der Waals surface area contributed by atoms with E-state index in [4.69, 9.17) is 4.74 Å². The highest BCUT2D eigenvalue weighted by molar-refractivity contribution is 4.80. The van der Waals surface area contributed by atoms with Crippen LogP contribution in [0.5, 0.6) is 0 Å². The third kappa shape index (κ3) is 2.65. The van der Waals surface area contributed by atoms with Gasteiger partial charge in [-0.05, 0) is 32.1 Å². The van der Waals surface area contributed by atoms with Crippen LogP contribution in [0.4, 0.5) is 0 Å². The van der Waals surface area contributed by atoms with Crippen LogP contribution in [-0.2, 0) is 4.74 Å². The van der Waals surface area contributed by atoms with E-state index in [-0.39, 0.29) is 0 Å². The number of ether oxygens (including phenoxy) is 1. The molecule has 3 fully saturated rings. The predicted octanol–water partition coefficient (Wildman–Crippen LogP) is 1.14. The minimum Gasteiger partial charge on any atom is -0.379 e. The number of hydrogen-bond donors (Lipinski definition) is 0. The second-order valence-corrected chi connectivity index (χ2v) is 5.45. The van der Waals surface area contributed by atoms with Crippen LogP contribution in [0.1, 0.15) is 32.1 Å². The van der Waals surface area contributed by atoms with E-state index in [1.165, 1.54) is 51.7 Å². The maximum absolute atomic E-state index is 5.48. The summed E-state index contributed by atoms with van der Waals surface area (Å²) in [6, 6.07) is 0. The van der Waals surface area contributed by atoms with E-state index in [1.807, 2.05) is 0 Å². The Balaban J connectivity index is 1.65. The SMILES string of the molecule is C1CCN(N2CCCC2)C(N2CCOCC2)C1. The Morgan fingerprint density at radius 3 is 2.24 bits per heavy atom. The van der Waals surface area contributed by atoms with E-state index in [2.05, 4.69) is 14.9 Å². The van der Waals surface area contributed by atoms with Gasteiger partial charge in [0.25, 0.3) is 0 Å². The maximum Gasteiger partial charge on any atom is 0.0761 e. The van der Waals surface area contributed by atoms with Crippen molar-refractivity contribution in [3.63, 3.8) is 0 Å². The Morgan fingerprint density at radius 1 is 0.765 bits per heavy atom. The van der Waals surface area contributed by atoms with Gasteiger partial charge in [0.05, 0.1) is 19.4 Å². The smallest absolute Gasteiger partial charge is 0.0761 e. The van der Waals surface area contributed by atoms with Gasteiger partial charge in [-0.15, -0.1) is 0 Å². The van der Waals surface area contributed by atoms with E-state index in [9.17, 15) is 0 Å². The molecular formula is C13H25N3O. The van der Waals surface area contributed by atoms with Crippen molar-refractivity contribution in [3.05, 3.63) is 0 Å². The third-order valence-electron chi connectivity index (χ3n) is 4.36. The Labute approximate surface area is 104 Å². The molecule has 3 heterocycles. The number of piperidine rings is 1. The third-order valence-corrected chi connectivity index (χ3v) is 4.36. The number of nitrogens with zero attached hydrogens (tertiary/aromatic N) is 3. The van der Waals surface area contributed by atoms with Gasteiger partial charge in [-0.2, -0.15) is 0 Å². The number of morpholine rings is 1. The fourth-order valence-corrected chi connectivity index (χ4v) is 3.43. The summed E-state index contributed by atoms with van der Waals surface area (Å²) in [7, 11) is 0. The molecule has 0 spiro atoms. The van der Waals surface area contributed by atoms with Crippen molar-refractivity contribution >= 4 is 0 Å². The first-order chi connectivity index (χ1) is 8.45. The summed E-state index contributed by atoms with van der Waals surface area (Å²) in [5, 5.41) is 5.28. The number of hydrazine groups is 1. The summed E-state index contributed by atoms with van der Waals surface area (Å²) in [5.74, 6) is 0. The molecule has 0 amide bonds. The highest BCUT2D eigenvalue weighted by Gasteiger charge is 2.33. The molecule has 1 unspecified atom stereocenters. The van der Waals surface area contributed by atoms with Gasteiger partial charge in [0.2, 0.25) is 0 Å². The first-order valence-corrected chi connectivity index (χ1v) is 7.28. The molecule has 0 N–H and O–H groups in total. The van der Waals surface area contributed by atoms with Crippen molar-refractivity contribution in [2.75, 3.05) is 45.9 Å². The van der Waals surface area contributed by atoms with Gasteiger partial charge in [-0.1, -0.05) is 0 Å². The highest BCUT2D eigenvalue weighted by Crippen LogP contribution is 2.25. The van der Waals surface area contributed by atoms with Crippen molar-refractivity contribution in [3.8, 4) is 0 Å². The Morgan fingerprint density at radius 2 is 1.47 bits per heavy atom. The lowest BCUT2D eigenvalue weighted by atomic mass is 10.1. The van der Waals surface area contributed by atoms with Crippen LogP contribution in [-0.4, -0.2) is 67.0 Å². The zero-order chi connectivity index (χ0) is 11.5. The Bertz CT molecular complexity index is 237. The molecule has 0 radical (unpaired) electrons. The topological polar surface area (TPSA) is 19.0 Å². The van der Waals surface area contributed by atoms with Gasteiger partial charge in [-0.3, -0.25) is 4.90 Å². The van der Waals surface area contributed by atoms with Gasteiger partial charge < -0.3 is 4.74 Å². The number of rotatable bonds is 2. The first kappa shape index (κ1) is 11.9. The van der Waals surface area contributed by atoms with Gasteiger partial charge in [-0.25, -0.2) is 10.0 Å². The molecule has 1 atom stereocenters. The van der Waals surface area contributed by atoms with E-state index in [0.29, 0.717) is 6.17 Å². The quantitative estimate of drug-likeness (QED) is 0.719. The van der Waals surface area contributed by atoms with Crippen LogP contribution < -0.4 is 0 Å². The first-order valence-electron chi connectivity index (χ1n) is 7.28. The largest absolute Gasteiger partial charge is 0.379 e. The van der Waals surface area contributed by atoms with E-state index < -0.39 is 0 Å². The van der Waals surface area contributed by atoms with Crippen LogP contribution in [0.3, 0.4) is 0 Å². The van der Waals surface area contributed by atoms with Crippen LogP contribution in [0.2, 0.25) is 0 Å². The van der Waals surface area contributed by atoms with Gasteiger partial charge in [0, 0.05) is 32.7 Å². The average Bonchev–Trinajstić information content (AvgIpc) is 2.94. The second kappa shape index (κ2) is 5.65. The lowest BCUT2D eigenvalue weighted by molar-refractivity contribution is -0.137. The molecule has 4 nitrogen and oxygen atoms in total. The van der Waals surface area contributed by atoms with Crippen molar-refractivity contribution in [1.29, 1.82) is 0 Å². The molecule has 3 rings (SSSR count). The molecule has 0 saturated carbocycles. The molecule has 0 aromatic rings. The Hall–Kier alpha value is -0.160. The molecule has 3 aliphatic heterocycles. The van der Waals surface area contributed by atoms with Crippen molar-refractivity contribution < 1.29 is 4.74 Å². The summed E-state index contributed by atoms with van der Waals surface area (Å²) >= 11 is 0. The van der Waals surface area contributed by atoms with Gasteiger partial charge >= 0.3 is 0 Å². The van der Waals surface area contributed by atoms with Crippen molar-refractivity contribution in [1.82, 2.24) is 14.9 Å². The monoisotopic (exact) mass is 239 g/mol.